The maximum Gasteiger partial charge on any atom is 0.573 e. The number of anilines is 1. The molecule has 1 saturated carbocycles. The van der Waals surface area contributed by atoms with Crippen LogP contribution in [0.3, 0.4) is 0 Å². The van der Waals surface area contributed by atoms with Crippen LogP contribution in [0.4, 0.5) is 18.2 Å². The minimum absolute atomic E-state index is 0.193. The molecule has 3 heterocycles. The zero-order valence-electron chi connectivity index (χ0n) is 18.8. The number of halogens is 3. The number of ether oxygens (including phenoxy) is 1. The first-order valence-corrected chi connectivity index (χ1v) is 12.2. The predicted molar refractivity (Wildman–Crippen MR) is 127 cm³/mol. The van der Waals surface area contributed by atoms with Crippen molar-refractivity contribution in [2.75, 3.05) is 31.2 Å². The predicted octanol–water partition coefficient (Wildman–Crippen LogP) is 4.23. The van der Waals surface area contributed by atoms with E-state index in [2.05, 4.69) is 37.2 Å². The number of fused-ring (bicyclic) bond motifs is 1. The fourth-order valence-electron chi connectivity index (χ4n) is 5.22. The second-order valence-corrected chi connectivity index (χ2v) is 9.77. The lowest BCUT2D eigenvalue weighted by Crippen LogP contribution is -2.38. The van der Waals surface area contributed by atoms with Crippen molar-refractivity contribution in [1.29, 1.82) is 0 Å². The van der Waals surface area contributed by atoms with Crippen LogP contribution < -0.4 is 15.0 Å². The molecule has 0 spiro atoms. The summed E-state index contributed by atoms with van der Waals surface area (Å²) in [5.41, 5.74) is 1.52. The lowest BCUT2D eigenvalue weighted by Gasteiger charge is -2.33. The van der Waals surface area contributed by atoms with Gasteiger partial charge in [-0.15, -0.1) is 13.2 Å². The second-order valence-electron chi connectivity index (χ2n) is 8.99. The number of benzene rings is 1. The molecule has 3 unspecified atom stereocenters. The van der Waals surface area contributed by atoms with E-state index in [1.54, 1.807) is 28.7 Å². The highest BCUT2D eigenvalue weighted by Gasteiger charge is 2.55. The number of hydrogen-bond acceptors (Lipinski definition) is 7. The van der Waals surface area contributed by atoms with Crippen LogP contribution >= 0.6 is 11.5 Å². The van der Waals surface area contributed by atoms with Crippen molar-refractivity contribution in [2.24, 2.45) is 21.9 Å². The minimum atomic E-state index is -4.75. The van der Waals surface area contributed by atoms with E-state index < -0.39 is 6.36 Å². The van der Waals surface area contributed by atoms with Crippen LogP contribution in [0.5, 0.6) is 5.75 Å². The van der Waals surface area contributed by atoms with Crippen molar-refractivity contribution in [3.63, 3.8) is 0 Å². The van der Waals surface area contributed by atoms with Crippen molar-refractivity contribution in [1.82, 2.24) is 14.7 Å². The molecule has 0 radical (unpaired) electrons. The number of rotatable bonds is 7. The number of amidine groups is 1. The van der Waals surface area contributed by atoms with Crippen LogP contribution in [-0.4, -0.2) is 60.6 Å². The van der Waals surface area contributed by atoms with Gasteiger partial charge < -0.3 is 9.64 Å². The monoisotopic (exact) mass is 492 g/mol. The van der Waals surface area contributed by atoms with Gasteiger partial charge in [0.15, 0.2) is 0 Å². The standard InChI is InChI=1S/C23H27F3N6OS/c1-14-10-20(34-30-14)31-11-17-18(12-31)21(17)28-13-29-22-16(7-5-9-32(22)27-2)15-6-3-4-8-19(15)33-23(24,25)26/h3-4,6,8,10,16-18,21,28H,2,5,7,9,11-13H2,1H3/b29-22-. The number of aryl methyl sites for hydroxylation is 1. The number of nitrogens with zero attached hydrogens (tertiary/aromatic N) is 5. The molecular weight excluding hydrogens is 465 g/mol. The Morgan fingerprint density at radius 3 is 2.71 bits per heavy atom. The number of para-hydroxylation sites is 1. The maximum absolute atomic E-state index is 13.0. The molecule has 1 aromatic heterocycles. The normalized spacial score (nSPS) is 27.7. The van der Waals surface area contributed by atoms with E-state index in [-0.39, 0.29) is 11.7 Å². The summed E-state index contributed by atoms with van der Waals surface area (Å²) in [6.45, 7) is 8.68. The SMILES string of the molecule is C=NN1CCCC(c2ccccc2OC(F)(F)F)/C1=N/CNC1C2CN(c3cc(C)ns3)CC21. The van der Waals surface area contributed by atoms with Crippen molar-refractivity contribution >= 4 is 29.1 Å². The quantitative estimate of drug-likeness (QED) is 0.587. The van der Waals surface area contributed by atoms with E-state index in [1.807, 2.05) is 6.92 Å². The Morgan fingerprint density at radius 2 is 2.03 bits per heavy atom. The number of aliphatic imine (C=N–C) groups is 1. The Hall–Kier alpha value is -2.66. The topological polar surface area (TPSA) is 65.3 Å². The van der Waals surface area contributed by atoms with Gasteiger partial charge in [0.05, 0.1) is 12.4 Å². The first kappa shape index (κ1) is 23.1. The van der Waals surface area contributed by atoms with Gasteiger partial charge in [0.2, 0.25) is 0 Å². The Labute approximate surface area is 200 Å². The van der Waals surface area contributed by atoms with Gasteiger partial charge in [0, 0.05) is 43.9 Å². The molecule has 2 aliphatic heterocycles. The van der Waals surface area contributed by atoms with Crippen LogP contribution in [0.25, 0.3) is 0 Å². The third-order valence-corrected chi connectivity index (χ3v) is 7.76. The highest BCUT2D eigenvalue weighted by molar-refractivity contribution is 7.10. The molecule has 3 aliphatic rings. The van der Waals surface area contributed by atoms with E-state index in [9.17, 15) is 13.2 Å². The largest absolute Gasteiger partial charge is 0.573 e. The van der Waals surface area contributed by atoms with Crippen LogP contribution in [0, 0.1) is 18.8 Å². The van der Waals surface area contributed by atoms with E-state index >= 15 is 0 Å². The van der Waals surface area contributed by atoms with Crippen molar-refractivity contribution in [3.05, 3.63) is 41.6 Å². The summed E-state index contributed by atoms with van der Waals surface area (Å²) in [5, 5.41) is 10.5. The maximum atomic E-state index is 13.0. The molecule has 1 aromatic carbocycles. The molecule has 2 saturated heterocycles. The van der Waals surface area contributed by atoms with Gasteiger partial charge in [-0.1, -0.05) is 18.2 Å². The zero-order valence-corrected chi connectivity index (χ0v) is 19.6. The summed E-state index contributed by atoms with van der Waals surface area (Å²) >= 11 is 1.54. The molecular formula is C23H27F3N6OS. The fraction of sp³-hybridized carbons (Fsp3) is 0.522. The number of nitrogens with one attached hydrogen (secondary N) is 1. The highest BCUT2D eigenvalue weighted by Crippen LogP contribution is 2.47. The molecule has 1 aliphatic carbocycles. The Balaban J connectivity index is 1.25. The van der Waals surface area contributed by atoms with Crippen LogP contribution in [0.2, 0.25) is 0 Å². The number of aromatic nitrogens is 1. The molecule has 3 atom stereocenters. The van der Waals surface area contributed by atoms with Gasteiger partial charge >= 0.3 is 6.36 Å². The molecule has 11 heteroatoms. The minimum Gasteiger partial charge on any atom is -0.405 e. The molecule has 0 amide bonds. The van der Waals surface area contributed by atoms with Gasteiger partial charge in [-0.3, -0.25) is 15.3 Å². The number of hydrogen-bond donors (Lipinski definition) is 1. The summed E-state index contributed by atoms with van der Waals surface area (Å²) in [6.07, 6.45) is -3.31. The highest BCUT2D eigenvalue weighted by atomic mass is 32.1. The van der Waals surface area contributed by atoms with Crippen LogP contribution in [0.1, 0.15) is 30.0 Å². The summed E-state index contributed by atoms with van der Waals surface area (Å²) in [7, 11) is 0. The lowest BCUT2D eigenvalue weighted by molar-refractivity contribution is -0.274. The second kappa shape index (κ2) is 9.18. The van der Waals surface area contributed by atoms with Gasteiger partial charge in [0.25, 0.3) is 0 Å². The van der Waals surface area contributed by atoms with E-state index in [0.717, 1.165) is 25.2 Å². The smallest absolute Gasteiger partial charge is 0.405 e. The molecule has 0 bridgehead atoms. The zero-order chi connectivity index (χ0) is 23.9. The molecule has 5 rings (SSSR count). The third kappa shape index (κ3) is 4.76. The van der Waals surface area contributed by atoms with Gasteiger partial charge in [-0.05, 0) is 55.3 Å². The molecule has 1 N–H and O–H groups in total. The van der Waals surface area contributed by atoms with Crippen LogP contribution in [0.15, 0.2) is 40.4 Å². The third-order valence-electron chi connectivity index (χ3n) is 6.82. The molecule has 3 fully saturated rings. The Kier molecular flexibility index (Phi) is 6.24. The Morgan fingerprint density at radius 1 is 1.26 bits per heavy atom. The lowest BCUT2D eigenvalue weighted by atomic mass is 9.89. The van der Waals surface area contributed by atoms with Crippen molar-refractivity contribution < 1.29 is 17.9 Å². The average molecular weight is 493 g/mol. The molecule has 2 aromatic rings. The van der Waals surface area contributed by atoms with Crippen molar-refractivity contribution in [2.45, 2.75) is 38.1 Å². The van der Waals surface area contributed by atoms with Crippen molar-refractivity contribution in [3.8, 4) is 5.75 Å². The van der Waals surface area contributed by atoms with E-state index in [0.29, 0.717) is 48.9 Å². The summed E-state index contributed by atoms with van der Waals surface area (Å²) in [5.74, 6) is 1.25. The molecule has 182 valence electrons. The molecule has 34 heavy (non-hydrogen) atoms. The van der Waals surface area contributed by atoms with Gasteiger partial charge in [0.1, 0.15) is 16.6 Å². The Bertz CT molecular complexity index is 1060. The van der Waals surface area contributed by atoms with E-state index in [4.69, 9.17) is 4.99 Å². The van der Waals surface area contributed by atoms with Gasteiger partial charge in [-0.2, -0.15) is 9.47 Å². The number of piperidine rings is 2. The summed E-state index contributed by atoms with van der Waals surface area (Å²) in [6, 6.07) is 8.81. The fourth-order valence-corrected chi connectivity index (χ4v) is 6.00. The first-order chi connectivity index (χ1) is 16.3. The number of hydrazone groups is 1. The molecule has 7 nitrogen and oxygen atoms in total. The summed E-state index contributed by atoms with van der Waals surface area (Å²) < 4.78 is 47.6. The number of alkyl halides is 3. The average Bonchev–Trinajstić information content (AvgIpc) is 3.13. The summed E-state index contributed by atoms with van der Waals surface area (Å²) in [4.78, 5) is 7.15. The van der Waals surface area contributed by atoms with Gasteiger partial charge in [-0.25, -0.2) is 0 Å². The first-order valence-electron chi connectivity index (χ1n) is 11.4. The van der Waals surface area contributed by atoms with E-state index in [1.165, 1.54) is 17.1 Å². The van der Waals surface area contributed by atoms with Crippen LogP contribution in [-0.2, 0) is 0 Å².